The van der Waals surface area contributed by atoms with Gasteiger partial charge in [-0.3, -0.25) is 9.88 Å². The Balaban J connectivity index is 1.43. The highest BCUT2D eigenvalue weighted by Crippen LogP contribution is 2.31. The molecule has 0 amide bonds. The Bertz CT molecular complexity index is 821. The van der Waals surface area contributed by atoms with Crippen molar-refractivity contribution in [3.63, 3.8) is 0 Å². The number of benzene rings is 2. The first-order valence-corrected chi connectivity index (χ1v) is 9.57. The second-order valence-electron chi connectivity index (χ2n) is 6.31. The molecule has 2 heterocycles. The van der Waals surface area contributed by atoms with E-state index in [1.54, 1.807) is 0 Å². The molecule has 2 atom stereocenters. The van der Waals surface area contributed by atoms with E-state index in [1.165, 1.54) is 28.4 Å². The number of hydrogen-bond acceptors (Lipinski definition) is 3. The molecule has 0 saturated carbocycles. The quantitative estimate of drug-likeness (QED) is 0.365. The number of anilines is 1. The second kappa shape index (κ2) is 7.07. The fourth-order valence-electron chi connectivity index (χ4n) is 3.34. The Hall–Kier alpha value is -1.66. The van der Waals surface area contributed by atoms with Crippen molar-refractivity contribution in [1.82, 2.24) is 9.88 Å². The van der Waals surface area contributed by atoms with Gasteiger partial charge in [0, 0.05) is 42.6 Å². The average molecular weight is 429 g/mol. The van der Waals surface area contributed by atoms with Crippen LogP contribution in [0.1, 0.15) is 16.0 Å². The Morgan fingerprint density at radius 2 is 1.96 bits per heavy atom. The molecule has 122 valence electrons. The largest absolute Gasteiger partial charge is 0.381 e. The summed E-state index contributed by atoms with van der Waals surface area (Å²) in [6.07, 6.45) is 4.95. The van der Waals surface area contributed by atoms with Gasteiger partial charge in [-0.1, -0.05) is 59.0 Å². The predicted molar refractivity (Wildman–Crippen MR) is 109 cm³/mol. The Labute approximate surface area is 156 Å². The van der Waals surface area contributed by atoms with Gasteiger partial charge in [0.15, 0.2) is 0 Å². The third kappa shape index (κ3) is 3.39. The van der Waals surface area contributed by atoms with Crippen LogP contribution in [0.3, 0.4) is 0 Å². The first-order valence-electron chi connectivity index (χ1n) is 8.33. The Morgan fingerprint density at radius 1 is 1.08 bits per heavy atom. The highest BCUT2D eigenvalue weighted by molar-refractivity contribution is 14.1. The van der Waals surface area contributed by atoms with E-state index in [2.05, 4.69) is 92.4 Å². The molecule has 1 saturated heterocycles. The van der Waals surface area contributed by atoms with E-state index in [4.69, 9.17) is 0 Å². The number of pyridine rings is 1. The molecule has 3 nitrogen and oxygen atoms in total. The topological polar surface area (TPSA) is 28.2 Å². The molecule has 3 aromatic rings. The van der Waals surface area contributed by atoms with Gasteiger partial charge in [0.1, 0.15) is 0 Å². The third-order valence-corrected chi connectivity index (χ3v) is 6.13. The van der Waals surface area contributed by atoms with Gasteiger partial charge in [0.2, 0.25) is 0 Å². The van der Waals surface area contributed by atoms with Crippen LogP contribution in [-0.4, -0.2) is 29.0 Å². The van der Waals surface area contributed by atoms with Crippen LogP contribution < -0.4 is 5.32 Å². The number of alkyl halides is 1. The molecule has 2 unspecified atom stereocenters. The number of halogens is 1. The van der Waals surface area contributed by atoms with Crippen molar-refractivity contribution in [3.05, 3.63) is 72.6 Å². The first-order chi connectivity index (χ1) is 11.8. The maximum atomic E-state index is 4.18. The second-order valence-corrected chi connectivity index (χ2v) is 7.49. The van der Waals surface area contributed by atoms with E-state index >= 15 is 0 Å². The van der Waals surface area contributed by atoms with E-state index in [-0.39, 0.29) is 0 Å². The zero-order valence-corrected chi connectivity index (χ0v) is 15.6. The molecular weight excluding hydrogens is 409 g/mol. The molecule has 0 radical (unpaired) electrons. The van der Waals surface area contributed by atoms with Crippen LogP contribution in [0, 0.1) is 0 Å². The number of aromatic nitrogens is 1. The molecule has 0 aliphatic carbocycles. The summed E-state index contributed by atoms with van der Waals surface area (Å²) in [5, 5.41) is 6.13. The molecule has 1 aliphatic rings. The normalized spacial score (nSPS) is 19.5. The van der Waals surface area contributed by atoms with Gasteiger partial charge in [0.25, 0.3) is 0 Å². The van der Waals surface area contributed by atoms with Crippen molar-refractivity contribution in [2.45, 2.75) is 16.5 Å². The highest BCUT2D eigenvalue weighted by atomic mass is 127. The van der Waals surface area contributed by atoms with Gasteiger partial charge in [-0.2, -0.15) is 0 Å². The minimum atomic E-state index is 0.443. The van der Waals surface area contributed by atoms with Gasteiger partial charge in [0.05, 0.1) is 4.05 Å². The van der Waals surface area contributed by atoms with E-state index in [0.29, 0.717) is 10.1 Å². The lowest BCUT2D eigenvalue weighted by Crippen LogP contribution is -2.27. The zero-order chi connectivity index (χ0) is 16.4. The smallest absolute Gasteiger partial charge is 0.0875 e. The third-order valence-electron chi connectivity index (χ3n) is 4.63. The molecule has 1 N–H and O–H groups in total. The van der Waals surface area contributed by atoms with Gasteiger partial charge in [-0.25, -0.2) is 0 Å². The molecule has 24 heavy (non-hydrogen) atoms. The van der Waals surface area contributed by atoms with Crippen molar-refractivity contribution >= 4 is 39.1 Å². The molecule has 1 aromatic heterocycles. The minimum absolute atomic E-state index is 0.443. The monoisotopic (exact) mass is 429 g/mol. The van der Waals surface area contributed by atoms with Crippen molar-refractivity contribution in [2.75, 3.05) is 18.4 Å². The van der Waals surface area contributed by atoms with Crippen LogP contribution in [0.15, 0.2) is 67.0 Å². The van der Waals surface area contributed by atoms with Crippen molar-refractivity contribution in [1.29, 1.82) is 0 Å². The first kappa shape index (κ1) is 15.8. The molecule has 1 fully saturated rings. The number of nitrogens with one attached hydrogen (secondary N) is 1. The average Bonchev–Trinajstić information content (AvgIpc) is 3.10. The number of likely N-dealkylation sites (tertiary alicyclic amines) is 1. The molecule has 2 aromatic carbocycles. The summed E-state index contributed by atoms with van der Waals surface area (Å²) in [5.41, 5.74) is 2.59. The summed E-state index contributed by atoms with van der Waals surface area (Å²) < 4.78 is 0.443. The highest BCUT2D eigenvalue weighted by Gasteiger charge is 2.27. The van der Waals surface area contributed by atoms with Crippen molar-refractivity contribution in [3.8, 4) is 0 Å². The van der Waals surface area contributed by atoms with Crippen LogP contribution in [0.25, 0.3) is 10.8 Å². The predicted octanol–water partition coefficient (Wildman–Crippen LogP) is 4.85. The summed E-state index contributed by atoms with van der Waals surface area (Å²) in [6, 6.07) is 19.9. The fraction of sp³-hybridized carbons (Fsp3) is 0.250. The lowest BCUT2D eigenvalue weighted by Gasteiger charge is -2.23. The summed E-state index contributed by atoms with van der Waals surface area (Å²) in [6.45, 7) is 2.22. The maximum absolute atomic E-state index is 4.18. The van der Waals surface area contributed by atoms with Crippen LogP contribution in [0.2, 0.25) is 0 Å². The van der Waals surface area contributed by atoms with Crippen molar-refractivity contribution in [2.24, 2.45) is 0 Å². The standard InChI is InChI=1S/C20H20IN3/c21-20(15-4-2-1-3-5-15)24-11-9-19(14-24)23-18-7-6-17-13-22-10-8-16(17)12-18/h1-8,10,12-13,19-20,23H,9,11,14H2. The van der Waals surface area contributed by atoms with Crippen LogP contribution in [0.4, 0.5) is 5.69 Å². The van der Waals surface area contributed by atoms with Crippen molar-refractivity contribution < 1.29 is 0 Å². The van der Waals surface area contributed by atoms with E-state index in [0.717, 1.165) is 13.1 Å². The van der Waals surface area contributed by atoms with Crippen LogP contribution >= 0.6 is 22.6 Å². The zero-order valence-electron chi connectivity index (χ0n) is 13.4. The van der Waals surface area contributed by atoms with Gasteiger partial charge >= 0.3 is 0 Å². The summed E-state index contributed by atoms with van der Waals surface area (Å²) in [5.74, 6) is 0. The van der Waals surface area contributed by atoms with Crippen LogP contribution in [0.5, 0.6) is 0 Å². The van der Waals surface area contributed by atoms with Gasteiger partial charge in [-0.05, 0) is 35.6 Å². The molecule has 1 aliphatic heterocycles. The lowest BCUT2D eigenvalue weighted by atomic mass is 10.1. The van der Waals surface area contributed by atoms with E-state index < -0.39 is 0 Å². The van der Waals surface area contributed by atoms with E-state index in [9.17, 15) is 0 Å². The lowest BCUT2D eigenvalue weighted by molar-refractivity contribution is 0.332. The fourth-order valence-corrected chi connectivity index (χ4v) is 4.26. The SMILES string of the molecule is IC(c1ccccc1)N1CCC(Nc2ccc3cnccc3c2)C1. The Kier molecular flexibility index (Phi) is 4.67. The number of hydrogen-bond donors (Lipinski definition) is 1. The summed E-state index contributed by atoms with van der Waals surface area (Å²) in [4.78, 5) is 6.73. The number of fused-ring (bicyclic) bond motifs is 1. The molecular formula is C20H20IN3. The Morgan fingerprint density at radius 3 is 2.83 bits per heavy atom. The van der Waals surface area contributed by atoms with Gasteiger partial charge in [-0.15, -0.1) is 0 Å². The summed E-state index contributed by atoms with van der Waals surface area (Å²) >= 11 is 2.55. The minimum Gasteiger partial charge on any atom is -0.381 e. The molecule has 0 spiro atoms. The van der Waals surface area contributed by atoms with Crippen LogP contribution in [-0.2, 0) is 0 Å². The molecule has 0 bridgehead atoms. The van der Waals surface area contributed by atoms with E-state index in [1.807, 2.05) is 12.4 Å². The molecule has 4 heteroatoms. The molecule has 4 rings (SSSR count). The number of nitrogens with zero attached hydrogens (tertiary/aromatic N) is 2. The summed E-state index contributed by atoms with van der Waals surface area (Å²) in [7, 11) is 0. The number of rotatable bonds is 4. The maximum Gasteiger partial charge on any atom is 0.0875 e. The van der Waals surface area contributed by atoms with Gasteiger partial charge < -0.3 is 5.32 Å².